The van der Waals surface area contributed by atoms with Gasteiger partial charge >= 0.3 is 0 Å². The number of nitrogens with zero attached hydrogens (tertiary/aromatic N) is 7. The molecule has 1 saturated carbocycles. The molecule has 5 aromatic rings. The zero-order chi connectivity index (χ0) is 29.1. The number of aromatic nitrogens is 6. The van der Waals surface area contributed by atoms with Crippen LogP contribution in [0.5, 0.6) is 0 Å². The first-order valence-corrected chi connectivity index (χ1v) is 15.0. The van der Waals surface area contributed by atoms with Crippen LogP contribution in [0.1, 0.15) is 42.9 Å². The van der Waals surface area contributed by atoms with E-state index in [2.05, 4.69) is 44.7 Å². The number of hydrogen-bond acceptors (Lipinski definition) is 7. The van der Waals surface area contributed by atoms with E-state index in [1.165, 1.54) is 17.2 Å². The van der Waals surface area contributed by atoms with E-state index in [-0.39, 0.29) is 5.91 Å². The molecule has 2 aliphatic carbocycles. The molecule has 1 aromatic carbocycles. The van der Waals surface area contributed by atoms with Gasteiger partial charge in [-0.15, -0.1) is 0 Å². The van der Waals surface area contributed by atoms with E-state index in [0.717, 1.165) is 61.1 Å². The molecule has 10 heteroatoms. The smallest absolute Gasteiger partial charge is 0.246 e. The predicted molar refractivity (Wildman–Crippen MR) is 165 cm³/mol. The number of benzene rings is 1. The third kappa shape index (κ3) is 4.32. The summed E-state index contributed by atoms with van der Waals surface area (Å²) in [7, 11) is 0. The number of pyridine rings is 2. The van der Waals surface area contributed by atoms with Gasteiger partial charge < -0.3 is 16.0 Å². The van der Waals surface area contributed by atoms with Crippen molar-refractivity contribution in [3.05, 3.63) is 90.9 Å². The van der Waals surface area contributed by atoms with E-state index in [1.807, 2.05) is 41.4 Å². The van der Waals surface area contributed by atoms with E-state index in [1.54, 1.807) is 17.1 Å². The van der Waals surface area contributed by atoms with Crippen LogP contribution in [0, 0.1) is 5.92 Å². The molecule has 1 aliphatic heterocycles. The average molecular weight is 572 g/mol. The maximum Gasteiger partial charge on any atom is 0.246 e. The first-order valence-electron chi connectivity index (χ1n) is 15.0. The minimum Gasteiger partial charge on any atom is -0.383 e. The van der Waals surface area contributed by atoms with Gasteiger partial charge in [0.2, 0.25) is 5.91 Å². The Kier molecular flexibility index (Phi) is 6.11. The summed E-state index contributed by atoms with van der Waals surface area (Å²) in [5.74, 6) is 2.40. The molecule has 5 heterocycles. The molecule has 0 radical (unpaired) electrons. The van der Waals surface area contributed by atoms with Gasteiger partial charge in [-0.1, -0.05) is 12.6 Å². The van der Waals surface area contributed by atoms with E-state index in [0.29, 0.717) is 41.5 Å². The number of imidazole rings is 1. The fraction of sp³-hybridized carbons (Fsp3) is 0.303. The topological polar surface area (TPSA) is 120 Å². The maximum absolute atomic E-state index is 12.4. The van der Waals surface area contributed by atoms with E-state index >= 15 is 0 Å². The molecule has 43 heavy (non-hydrogen) atoms. The Morgan fingerprint density at radius 1 is 1.07 bits per heavy atom. The molecule has 2 bridgehead atoms. The summed E-state index contributed by atoms with van der Waals surface area (Å²) in [6.07, 6.45) is 12.0. The van der Waals surface area contributed by atoms with Crippen molar-refractivity contribution >= 4 is 22.9 Å². The lowest BCUT2D eigenvalue weighted by atomic mass is 9.85. The van der Waals surface area contributed by atoms with Gasteiger partial charge in [-0.05, 0) is 97.7 Å². The molecule has 3 N–H and O–H groups in total. The van der Waals surface area contributed by atoms with Crippen molar-refractivity contribution in [2.45, 2.75) is 50.2 Å². The number of likely N-dealkylation sites (tertiary alicyclic amines) is 1. The largest absolute Gasteiger partial charge is 0.383 e. The quantitative estimate of drug-likeness (QED) is 0.290. The predicted octanol–water partition coefficient (Wildman–Crippen LogP) is 4.39. The van der Waals surface area contributed by atoms with Gasteiger partial charge in [-0.2, -0.15) is 5.10 Å². The van der Waals surface area contributed by atoms with Crippen molar-refractivity contribution in [2.75, 3.05) is 12.3 Å². The Balaban J connectivity index is 1.14. The molecule has 10 nitrogen and oxygen atoms in total. The molecule has 3 unspecified atom stereocenters. The number of amides is 1. The molecule has 8 rings (SSSR count). The first kappa shape index (κ1) is 25.8. The monoisotopic (exact) mass is 571 g/mol. The number of nitrogens with one attached hydrogen (secondary N) is 1. The minimum absolute atomic E-state index is 0.0672. The number of hydrogen-bond donors (Lipinski definition) is 2. The molecular weight excluding hydrogens is 538 g/mol. The molecular formula is C33H33N9O. The van der Waals surface area contributed by atoms with Gasteiger partial charge in [-0.3, -0.25) is 9.36 Å². The minimum atomic E-state index is 0.0672. The number of fused-ring (bicyclic) bond motifs is 4. The van der Waals surface area contributed by atoms with Crippen molar-refractivity contribution in [2.24, 2.45) is 5.92 Å². The second-order valence-corrected chi connectivity index (χ2v) is 11.8. The van der Waals surface area contributed by atoms with Crippen molar-refractivity contribution in [1.29, 1.82) is 0 Å². The highest BCUT2D eigenvalue weighted by Gasteiger charge is 2.43. The van der Waals surface area contributed by atoms with Crippen LogP contribution < -0.4 is 11.1 Å². The van der Waals surface area contributed by atoms with Gasteiger partial charge in [0.1, 0.15) is 11.3 Å². The zero-order valence-electron chi connectivity index (χ0n) is 23.8. The second-order valence-electron chi connectivity index (χ2n) is 11.8. The molecule has 4 aromatic heterocycles. The number of nitrogens with two attached hydrogens (primary N) is 1. The van der Waals surface area contributed by atoms with Crippen molar-refractivity contribution in [3.8, 4) is 22.9 Å². The van der Waals surface area contributed by atoms with Crippen LogP contribution in [0.25, 0.3) is 34.1 Å². The summed E-state index contributed by atoms with van der Waals surface area (Å²) in [5.41, 5.74) is 12.3. The lowest BCUT2D eigenvalue weighted by Gasteiger charge is -2.31. The van der Waals surface area contributed by atoms with E-state index < -0.39 is 0 Å². The summed E-state index contributed by atoms with van der Waals surface area (Å²) in [4.78, 5) is 28.7. The molecule has 0 spiro atoms. The fourth-order valence-corrected chi connectivity index (χ4v) is 7.42. The summed E-state index contributed by atoms with van der Waals surface area (Å²) >= 11 is 0. The molecule has 4 atom stereocenters. The third-order valence-corrected chi connectivity index (χ3v) is 9.47. The summed E-state index contributed by atoms with van der Waals surface area (Å²) in [6, 6.07) is 17.4. The normalized spacial score (nSPS) is 22.7. The molecule has 1 saturated heterocycles. The average Bonchev–Trinajstić information content (AvgIpc) is 3.83. The number of nitrogen functional groups attached to an aromatic ring is 1. The molecule has 1 amide bonds. The number of anilines is 1. The van der Waals surface area contributed by atoms with Gasteiger partial charge in [0.15, 0.2) is 17.3 Å². The Morgan fingerprint density at radius 3 is 2.84 bits per heavy atom. The van der Waals surface area contributed by atoms with E-state index in [4.69, 9.17) is 15.7 Å². The number of carbonyl (C=O) groups is 1. The van der Waals surface area contributed by atoms with Crippen LogP contribution in [0.15, 0.2) is 79.8 Å². The van der Waals surface area contributed by atoms with E-state index in [9.17, 15) is 4.79 Å². The van der Waals surface area contributed by atoms with Gasteiger partial charge in [-0.25, -0.2) is 19.6 Å². The van der Waals surface area contributed by atoms with Crippen molar-refractivity contribution < 1.29 is 4.79 Å². The standard InChI is InChI=1S/C33H33N9O/c1-2-30(43)40-19-21-18-22(40)8-11-26(21)37-27-10-6-20-17-23(7-9-24(20)27)42-32(25-5-3-14-35-31(25)34)38-28-12-13-29(39-33(28)42)41-16-4-15-36-41/h2-5,7,9,12-17,21-22,26-27,37H,1,6,8,10-11,18-19H2,(H2,34,35)/t21?,22?,26?,27-/m0/s1. The SMILES string of the molecule is C=CC(=O)N1CC2CC1CCC2N[C@H]1CCc2cc(-n3c(-c4cccnc4N)nc4ccc(-n5cccn5)nc43)ccc21. The maximum atomic E-state index is 12.4. The fourth-order valence-electron chi connectivity index (χ4n) is 7.42. The Labute approximate surface area is 249 Å². The van der Waals surface area contributed by atoms with Gasteiger partial charge in [0, 0.05) is 48.9 Å². The van der Waals surface area contributed by atoms with Crippen LogP contribution in [0.3, 0.4) is 0 Å². The van der Waals surface area contributed by atoms with Gasteiger partial charge in [0.25, 0.3) is 0 Å². The summed E-state index contributed by atoms with van der Waals surface area (Å²) < 4.78 is 3.83. The lowest BCUT2D eigenvalue weighted by Crippen LogP contribution is -2.40. The molecule has 2 fully saturated rings. The van der Waals surface area contributed by atoms with Crippen molar-refractivity contribution in [1.82, 2.24) is 39.5 Å². The Hall–Kier alpha value is -4.83. The third-order valence-electron chi connectivity index (χ3n) is 9.47. The number of carbonyl (C=O) groups excluding carboxylic acids is 1. The highest BCUT2D eigenvalue weighted by Crippen LogP contribution is 2.40. The number of rotatable bonds is 6. The van der Waals surface area contributed by atoms with Crippen LogP contribution >= 0.6 is 0 Å². The lowest BCUT2D eigenvalue weighted by molar-refractivity contribution is -0.126. The first-order chi connectivity index (χ1) is 21.1. The summed E-state index contributed by atoms with van der Waals surface area (Å²) in [5, 5.41) is 8.37. The second kappa shape index (κ2) is 10.2. The summed E-state index contributed by atoms with van der Waals surface area (Å²) in [6.45, 7) is 4.53. The zero-order valence-corrected chi connectivity index (χ0v) is 23.8. The highest BCUT2D eigenvalue weighted by molar-refractivity contribution is 5.87. The Morgan fingerprint density at radius 2 is 2.00 bits per heavy atom. The molecule has 216 valence electrons. The van der Waals surface area contributed by atoms with Crippen molar-refractivity contribution in [3.63, 3.8) is 0 Å². The highest BCUT2D eigenvalue weighted by atomic mass is 16.2. The van der Waals surface area contributed by atoms with Crippen LogP contribution in [0.2, 0.25) is 0 Å². The van der Waals surface area contributed by atoms with Gasteiger partial charge in [0.05, 0.1) is 5.56 Å². The van der Waals surface area contributed by atoms with Crippen LogP contribution in [-0.2, 0) is 11.2 Å². The Bertz CT molecular complexity index is 1860. The van der Waals surface area contributed by atoms with Crippen LogP contribution in [0.4, 0.5) is 5.82 Å². The van der Waals surface area contributed by atoms with Crippen LogP contribution in [-0.4, -0.2) is 58.7 Å². The number of aryl methyl sites for hydroxylation is 1. The molecule has 3 aliphatic rings.